The van der Waals surface area contributed by atoms with Gasteiger partial charge in [-0.15, -0.1) is 0 Å². The largest absolute Gasteiger partial charge is 0.497 e. The van der Waals surface area contributed by atoms with E-state index >= 15 is 0 Å². The van der Waals surface area contributed by atoms with Crippen molar-refractivity contribution in [2.75, 3.05) is 20.3 Å². The Morgan fingerprint density at radius 1 is 1.17 bits per heavy atom. The van der Waals surface area contributed by atoms with Crippen LogP contribution < -0.4 is 9.47 Å². The van der Waals surface area contributed by atoms with Crippen LogP contribution in [0.3, 0.4) is 0 Å². The van der Waals surface area contributed by atoms with Crippen molar-refractivity contribution in [1.82, 2.24) is 9.88 Å². The lowest BCUT2D eigenvalue weighted by Gasteiger charge is -2.22. The highest BCUT2D eigenvalue weighted by atomic mass is 16.5. The van der Waals surface area contributed by atoms with E-state index in [1.165, 1.54) is 0 Å². The van der Waals surface area contributed by atoms with Gasteiger partial charge in [0.2, 0.25) is 5.88 Å². The van der Waals surface area contributed by atoms with Gasteiger partial charge in [-0.2, -0.15) is 0 Å². The van der Waals surface area contributed by atoms with Crippen molar-refractivity contribution < 1.29 is 14.3 Å². The number of rotatable bonds is 7. The summed E-state index contributed by atoms with van der Waals surface area (Å²) in [4.78, 5) is 18.7. The zero-order chi connectivity index (χ0) is 16.7. The van der Waals surface area contributed by atoms with E-state index in [0.717, 1.165) is 11.3 Å². The number of benzene rings is 1. The first-order valence-corrected chi connectivity index (χ1v) is 7.69. The molecule has 0 bridgehead atoms. The molecule has 0 radical (unpaired) electrons. The van der Waals surface area contributed by atoms with Crippen molar-refractivity contribution in [3.05, 3.63) is 53.7 Å². The fourth-order valence-electron chi connectivity index (χ4n) is 2.25. The molecule has 0 fully saturated rings. The molecule has 0 saturated carbocycles. The molecule has 5 heteroatoms. The van der Waals surface area contributed by atoms with Crippen molar-refractivity contribution >= 4 is 5.91 Å². The van der Waals surface area contributed by atoms with E-state index in [9.17, 15) is 4.79 Å². The highest BCUT2D eigenvalue weighted by Crippen LogP contribution is 2.19. The molecule has 0 aliphatic carbocycles. The Bertz CT molecular complexity index is 641. The number of methoxy groups -OCH3 is 1. The molecule has 0 atom stereocenters. The topological polar surface area (TPSA) is 51.7 Å². The fraction of sp³-hybridized carbons (Fsp3) is 0.333. The van der Waals surface area contributed by atoms with Crippen LogP contribution in [-0.4, -0.2) is 36.1 Å². The number of hydrogen-bond acceptors (Lipinski definition) is 4. The summed E-state index contributed by atoms with van der Waals surface area (Å²) in [7, 11) is 1.63. The molecule has 122 valence electrons. The summed E-state index contributed by atoms with van der Waals surface area (Å²) in [6, 6.07) is 11.2. The molecule has 0 aliphatic rings. The summed E-state index contributed by atoms with van der Waals surface area (Å²) in [6.07, 6.45) is 1.63. The lowest BCUT2D eigenvalue weighted by atomic mass is 10.1. The van der Waals surface area contributed by atoms with E-state index in [2.05, 4.69) is 4.98 Å². The van der Waals surface area contributed by atoms with Crippen molar-refractivity contribution in [3.63, 3.8) is 0 Å². The Labute approximate surface area is 136 Å². The maximum Gasteiger partial charge on any atom is 0.259 e. The molecule has 1 aromatic heterocycles. The average Bonchev–Trinajstić information content (AvgIpc) is 2.60. The quantitative estimate of drug-likeness (QED) is 0.788. The Morgan fingerprint density at radius 2 is 1.91 bits per heavy atom. The van der Waals surface area contributed by atoms with Gasteiger partial charge in [0.15, 0.2) is 0 Å². The predicted octanol–water partition coefficient (Wildman–Crippen LogP) is 3.15. The van der Waals surface area contributed by atoms with E-state index < -0.39 is 0 Å². The van der Waals surface area contributed by atoms with Crippen molar-refractivity contribution in [1.29, 1.82) is 0 Å². The minimum absolute atomic E-state index is 0.0835. The summed E-state index contributed by atoms with van der Waals surface area (Å²) in [6.45, 7) is 5.43. The summed E-state index contributed by atoms with van der Waals surface area (Å²) in [5.41, 5.74) is 1.53. The molecule has 1 amide bonds. The third-order valence-corrected chi connectivity index (χ3v) is 3.48. The van der Waals surface area contributed by atoms with Gasteiger partial charge in [0, 0.05) is 19.3 Å². The van der Waals surface area contributed by atoms with Gasteiger partial charge in [-0.3, -0.25) is 4.79 Å². The summed E-state index contributed by atoms with van der Waals surface area (Å²) in [5, 5.41) is 0. The summed E-state index contributed by atoms with van der Waals surface area (Å²) < 4.78 is 10.6. The van der Waals surface area contributed by atoms with Gasteiger partial charge in [-0.05, 0) is 43.7 Å². The van der Waals surface area contributed by atoms with Crippen LogP contribution in [0.5, 0.6) is 11.6 Å². The van der Waals surface area contributed by atoms with Gasteiger partial charge in [0.05, 0.1) is 13.7 Å². The molecule has 0 spiro atoms. The molecule has 0 N–H and O–H groups in total. The molecular weight excluding hydrogens is 292 g/mol. The Kier molecular flexibility index (Phi) is 5.97. The fourth-order valence-corrected chi connectivity index (χ4v) is 2.25. The molecule has 0 saturated heterocycles. The molecule has 1 heterocycles. The Balaban J connectivity index is 2.17. The second-order valence-corrected chi connectivity index (χ2v) is 4.96. The smallest absolute Gasteiger partial charge is 0.259 e. The van der Waals surface area contributed by atoms with Crippen LogP contribution in [0.1, 0.15) is 29.8 Å². The first-order valence-electron chi connectivity index (χ1n) is 7.69. The Hall–Kier alpha value is -2.56. The minimum atomic E-state index is -0.0835. The van der Waals surface area contributed by atoms with Crippen LogP contribution in [0.15, 0.2) is 42.6 Å². The van der Waals surface area contributed by atoms with E-state index in [0.29, 0.717) is 31.1 Å². The number of amides is 1. The monoisotopic (exact) mass is 314 g/mol. The molecule has 2 rings (SSSR count). The van der Waals surface area contributed by atoms with Gasteiger partial charge < -0.3 is 14.4 Å². The zero-order valence-corrected chi connectivity index (χ0v) is 13.8. The van der Waals surface area contributed by atoms with Crippen LogP contribution >= 0.6 is 0 Å². The van der Waals surface area contributed by atoms with Gasteiger partial charge in [0.1, 0.15) is 11.3 Å². The van der Waals surface area contributed by atoms with Crippen LogP contribution in [0.25, 0.3) is 0 Å². The number of pyridine rings is 1. The van der Waals surface area contributed by atoms with Gasteiger partial charge in [0.25, 0.3) is 5.91 Å². The normalized spacial score (nSPS) is 10.2. The average molecular weight is 314 g/mol. The Morgan fingerprint density at radius 3 is 2.52 bits per heavy atom. The predicted molar refractivity (Wildman–Crippen MR) is 88.8 cm³/mol. The zero-order valence-electron chi connectivity index (χ0n) is 13.8. The number of aromatic nitrogens is 1. The van der Waals surface area contributed by atoms with E-state index in [4.69, 9.17) is 9.47 Å². The highest BCUT2D eigenvalue weighted by molar-refractivity contribution is 5.96. The molecule has 0 aliphatic heterocycles. The number of carbonyl (C=O) groups excluding carboxylic acids is 1. The minimum Gasteiger partial charge on any atom is -0.497 e. The number of ether oxygens (including phenoxy) is 2. The lowest BCUT2D eigenvalue weighted by Crippen LogP contribution is -2.30. The summed E-state index contributed by atoms with van der Waals surface area (Å²) in [5.74, 6) is 1.10. The molecule has 1 aromatic carbocycles. The second-order valence-electron chi connectivity index (χ2n) is 4.96. The maximum atomic E-state index is 12.8. The van der Waals surface area contributed by atoms with Gasteiger partial charge in [-0.1, -0.05) is 12.1 Å². The third kappa shape index (κ3) is 4.22. The van der Waals surface area contributed by atoms with E-state index in [-0.39, 0.29) is 5.91 Å². The molecule has 23 heavy (non-hydrogen) atoms. The van der Waals surface area contributed by atoms with E-state index in [1.807, 2.05) is 38.1 Å². The van der Waals surface area contributed by atoms with Crippen molar-refractivity contribution in [2.24, 2.45) is 0 Å². The second kappa shape index (κ2) is 8.17. The lowest BCUT2D eigenvalue weighted by molar-refractivity contribution is 0.0747. The van der Waals surface area contributed by atoms with Crippen LogP contribution in [-0.2, 0) is 6.54 Å². The first kappa shape index (κ1) is 16.8. The maximum absolute atomic E-state index is 12.8. The van der Waals surface area contributed by atoms with Gasteiger partial charge >= 0.3 is 0 Å². The van der Waals surface area contributed by atoms with Gasteiger partial charge in [-0.25, -0.2) is 4.98 Å². The molecule has 2 aromatic rings. The van der Waals surface area contributed by atoms with Crippen molar-refractivity contribution in [2.45, 2.75) is 20.4 Å². The first-order chi connectivity index (χ1) is 11.2. The van der Waals surface area contributed by atoms with Crippen molar-refractivity contribution in [3.8, 4) is 11.6 Å². The molecular formula is C18H22N2O3. The standard InChI is InChI=1S/C18H22N2O3/c1-4-20(13-14-8-10-15(22-3)11-9-14)18(21)16-7-6-12-19-17(16)23-5-2/h6-12H,4-5,13H2,1-3H3. The van der Waals surface area contributed by atoms with E-state index in [1.54, 1.807) is 30.3 Å². The SMILES string of the molecule is CCOc1ncccc1C(=O)N(CC)Cc1ccc(OC)cc1. The number of carbonyl (C=O) groups is 1. The van der Waals surface area contributed by atoms with Crippen LogP contribution in [0.2, 0.25) is 0 Å². The third-order valence-electron chi connectivity index (χ3n) is 3.48. The highest BCUT2D eigenvalue weighted by Gasteiger charge is 2.19. The number of nitrogens with zero attached hydrogens (tertiary/aromatic N) is 2. The molecule has 0 unspecified atom stereocenters. The number of hydrogen-bond donors (Lipinski definition) is 0. The van der Waals surface area contributed by atoms with Crippen LogP contribution in [0.4, 0.5) is 0 Å². The molecule has 5 nitrogen and oxygen atoms in total. The van der Waals surface area contributed by atoms with Crippen LogP contribution in [0, 0.1) is 0 Å². The summed E-state index contributed by atoms with van der Waals surface area (Å²) >= 11 is 0.